The van der Waals surface area contributed by atoms with Gasteiger partial charge in [0.2, 0.25) is 0 Å². The summed E-state index contributed by atoms with van der Waals surface area (Å²) in [5.74, 6) is 0. The largest absolute Gasteiger partial charge is 0.450 e. The molecular formula is C13H17NO3. The lowest BCUT2D eigenvalue weighted by Crippen LogP contribution is -2.34. The summed E-state index contributed by atoms with van der Waals surface area (Å²) in [6, 6.07) is 9.91. The quantitative estimate of drug-likeness (QED) is 0.790. The molecule has 17 heavy (non-hydrogen) atoms. The van der Waals surface area contributed by atoms with Crippen molar-refractivity contribution >= 4 is 6.09 Å². The Bertz CT molecular complexity index is 380. The second-order valence-corrected chi connectivity index (χ2v) is 3.99. The minimum Gasteiger partial charge on any atom is -0.450 e. The maximum atomic E-state index is 11.7. The fourth-order valence-corrected chi connectivity index (χ4v) is 1.96. The third-order valence-corrected chi connectivity index (χ3v) is 2.84. The van der Waals surface area contributed by atoms with Gasteiger partial charge in [-0.25, -0.2) is 4.79 Å². The van der Waals surface area contributed by atoms with Gasteiger partial charge < -0.3 is 9.47 Å². The molecule has 0 N–H and O–H groups in total. The Morgan fingerprint density at radius 2 is 2.18 bits per heavy atom. The zero-order valence-electron chi connectivity index (χ0n) is 10.1. The number of carbonyl (C=O) groups is 1. The summed E-state index contributed by atoms with van der Waals surface area (Å²) in [6.07, 6.45) is -0.603. The van der Waals surface area contributed by atoms with Crippen LogP contribution in [-0.4, -0.2) is 30.4 Å². The molecule has 1 aromatic rings. The van der Waals surface area contributed by atoms with Crippen LogP contribution in [0.4, 0.5) is 4.79 Å². The first-order valence-corrected chi connectivity index (χ1v) is 5.86. The van der Waals surface area contributed by atoms with Crippen LogP contribution in [0.2, 0.25) is 0 Å². The van der Waals surface area contributed by atoms with Crippen molar-refractivity contribution in [2.24, 2.45) is 0 Å². The van der Waals surface area contributed by atoms with E-state index in [1.165, 1.54) is 0 Å². The smallest absolute Gasteiger partial charge is 0.411 e. The standard InChI is InChI=1S/C13H17NO3/c1-3-16-13(15)14-9-12(17-10(14)2)11-7-5-4-6-8-11/h4-8,10,12H,3,9H2,1-2H3. The van der Waals surface area contributed by atoms with Crippen molar-refractivity contribution < 1.29 is 14.3 Å². The first-order valence-electron chi connectivity index (χ1n) is 5.86. The predicted octanol–water partition coefficient (Wildman–Crippen LogP) is 2.56. The van der Waals surface area contributed by atoms with Crippen LogP contribution >= 0.6 is 0 Å². The third-order valence-electron chi connectivity index (χ3n) is 2.84. The molecule has 1 heterocycles. The highest BCUT2D eigenvalue weighted by atomic mass is 16.6. The molecule has 2 rings (SSSR count). The molecule has 1 aliphatic heterocycles. The molecule has 1 saturated heterocycles. The fourth-order valence-electron chi connectivity index (χ4n) is 1.96. The van der Waals surface area contributed by atoms with Crippen molar-refractivity contribution in [2.75, 3.05) is 13.2 Å². The molecule has 4 heteroatoms. The first kappa shape index (κ1) is 11.9. The van der Waals surface area contributed by atoms with E-state index in [1.54, 1.807) is 11.8 Å². The molecule has 0 aromatic heterocycles. The number of amides is 1. The van der Waals surface area contributed by atoms with E-state index >= 15 is 0 Å². The maximum Gasteiger partial charge on any atom is 0.411 e. The fraction of sp³-hybridized carbons (Fsp3) is 0.462. The Balaban J connectivity index is 2.04. The number of rotatable bonds is 2. The highest BCUT2D eigenvalue weighted by molar-refractivity contribution is 5.68. The van der Waals surface area contributed by atoms with Crippen LogP contribution in [-0.2, 0) is 9.47 Å². The molecule has 0 spiro atoms. The summed E-state index contributed by atoms with van der Waals surface area (Å²) in [7, 11) is 0. The zero-order chi connectivity index (χ0) is 12.3. The van der Waals surface area contributed by atoms with Gasteiger partial charge in [0.15, 0.2) is 0 Å². The summed E-state index contributed by atoms with van der Waals surface area (Å²) < 4.78 is 10.7. The van der Waals surface area contributed by atoms with Crippen molar-refractivity contribution in [3.8, 4) is 0 Å². The summed E-state index contributed by atoms with van der Waals surface area (Å²) in [5.41, 5.74) is 1.09. The van der Waals surface area contributed by atoms with Crippen LogP contribution in [0.25, 0.3) is 0 Å². The molecule has 0 saturated carbocycles. The molecule has 0 radical (unpaired) electrons. The van der Waals surface area contributed by atoms with Gasteiger partial charge in [0.1, 0.15) is 12.3 Å². The number of ether oxygens (including phenoxy) is 2. The van der Waals surface area contributed by atoms with Gasteiger partial charge in [-0.05, 0) is 19.4 Å². The number of carbonyl (C=O) groups excluding carboxylic acids is 1. The molecule has 1 fully saturated rings. The van der Waals surface area contributed by atoms with Gasteiger partial charge in [0.05, 0.1) is 13.2 Å². The van der Waals surface area contributed by atoms with Crippen LogP contribution in [0.15, 0.2) is 30.3 Å². The third kappa shape index (κ3) is 2.58. The molecule has 1 aliphatic rings. The van der Waals surface area contributed by atoms with Gasteiger partial charge in [0, 0.05) is 0 Å². The zero-order valence-corrected chi connectivity index (χ0v) is 10.1. The minimum absolute atomic E-state index is 0.0596. The van der Waals surface area contributed by atoms with Crippen LogP contribution in [0.5, 0.6) is 0 Å². The molecule has 2 atom stereocenters. The van der Waals surface area contributed by atoms with Crippen LogP contribution in [0, 0.1) is 0 Å². The topological polar surface area (TPSA) is 38.8 Å². The van der Waals surface area contributed by atoms with Crippen molar-refractivity contribution in [1.82, 2.24) is 4.90 Å². The Morgan fingerprint density at radius 3 is 2.82 bits per heavy atom. The maximum absolute atomic E-state index is 11.7. The SMILES string of the molecule is CCOC(=O)N1CC(c2ccccc2)OC1C. The van der Waals surface area contributed by atoms with Crippen LogP contribution < -0.4 is 0 Å². The van der Waals surface area contributed by atoms with Gasteiger partial charge in [-0.2, -0.15) is 0 Å². The van der Waals surface area contributed by atoms with E-state index in [-0.39, 0.29) is 18.4 Å². The van der Waals surface area contributed by atoms with E-state index < -0.39 is 0 Å². The molecule has 1 aromatic carbocycles. The van der Waals surface area contributed by atoms with Gasteiger partial charge in [-0.1, -0.05) is 30.3 Å². The van der Waals surface area contributed by atoms with E-state index in [4.69, 9.17) is 9.47 Å². The van der Waals surface area contributed by atoms with E-state index in [0.717, 1.165) is 5.56 Å². The number of benzene rings is 1. The lowest BCUT2D eigenvalue weighted by molar-refractivity contribution is 0.0107. The Kier molecular flexibility index (Phi) is 3.64. The Morgan fingerprint density at radius 1 is 1.47 bits per heavy atom. The molecule has 0 aliphatic carbocycles. The summed E-state index contributed by atoms with van der Waals surface area (Å²) in [5, 5.41) is 0. The molecule has 0 bridgehead atoms. The second-order valence-electron chi connectivity index (χ2n) is 3.99. The molecule has 4 nitrogen and oxygen atoms in total. The number of hydrogen-bond donors (Lipinski definition) is 0. The highest BCUT2D eigenvalue weighted by Gasteiger charge is 2.34. The number of nitrogens with zero attached hydrogens (tertiary/aromatic N) is 1. The first-order chi connectivity index (χ1) is 8.22. The Labute approximate surface area is 101 Å². The monoisotopic (exact) mass is 235 g/mol. The van der Waals surface area contributed by atoms with Gasteiger partial charge in [-0.3, -0.25) is 4.90 Å². The average Bonchev–Trinajstić information content (AvgIpc) is 2.73. The van der Waals surface area contributed by atoms with Crippen molar-refractivity contribution in [2.45, 2.75) is 26.2 Å². The summed E-state index contributed by atoms with van der Waals surface area (Å²) >= 11 is 0. The van der Waals surface area contributed by atoms with Gasteiger partial charge >= 0.3 is 6.09 Å². The van der Waals surface area contributed by atoms with Crippen LogP contribution in [0.3, 0.4) is 0 Å². The minimum atomic E-state index is -0.307. The lowest BCUT2D eigenvalue weighted by Gasteiger charge is -2.17. The van der Waals surface area contributed by atoms with E-state index in [1.807, 2.05) is 37.3 Å². The van der Waals surface area contributed by atoms with Crippen molar-refractivity contribution in [3.05, 3.63) is 35.9 Å². The van der Waals surface area contributed by atoms with E-state index in [2.05, 4.69) is 0 Å². The van der Waals surface area contributed by atoms with E-state index in [9.17, 15) is 4.79 Å². The van der Waals surface area contributed by atoms with Crippen molar-refractivity contribution in [3.63, 3.8) is 0 Å². The molecule has 1 amide bonds. The normalized spacial score (nSPS) is 23.8. The Hall–Kier alpha value is -1.55. The summed E-state index contributed by atoms with van der Waals surface area (Å²) in [6.45, 7) is 4.59. The molecule has 92 valence electrons. The highest BCUT2D eigenvalue weighted by Crippen LogP contribution is 2.28. The number of hydrogen-bond acceptors (Lipinski definition) is 3. The van der Waals surface area contributed by atoms with Crippen LogP contribution in [0.1, 0.15) is 25.5 Å². The molecular weight excluding hydrogens is 218 g/mol. The lowest BCUT2D eigenvalue weighted by atomic mass is 10.1. The van der Waals surface area contributed by atoms with Crippen molar-refractivity contribution in [1.29, 1.82) is 0 Å². The second kappa shape index (κ2) is 5.19. The predicted molar refractivity (Wildman–Crippen MR) is 63.5 cm³/mol. The van der Waals surface area contributed by atoms with Gasteiger partial charge in [0.25, 0.3) is 0 Å². The average molecular weight is 235 g/mol. The molecule has 2 unspecified atom stereocenters. The van der Waals surface area contributed by atoms with Gasteiger partial charge in [-0.15, -0.1) is 0 Å². The summed E-state index contributed by atoms with van der Waals surface area (Å²) in [4.78, 5) is 13.3. The van der Waals surface area contributed by atoms with E-state index in [0.29, 0.717) is 13.2 Å².